The zero-order chi connectivity index (χ0) is 34.0. The van der Waals surface area contributed by atoms with Crippen LogP contribution < -0.4 is 5.32 Å². The number of unbranched alkanes of at least 4 members (excludes halogenated alkanes) is 20. The van der Waals surface area contributed by atoms with Crippen molar-refractivity contribution in [2.45, 2.75) is 180 Å². The van der Waals surface area contributed by atoms with Gasteiger partial charge in [0.15, 0.2) is 0 Å². The van der Waals surface area contributed by atoms with Gasteiger partial charge in [0.05, 0.1) is 13.2 Å². The van der Waals surface area contributed by atoms with Gasteiger partial charge >= 0.3 is 13.8 Å². The van der Waals surface area contributed by atoms with Gasteiger partial charge in [0.1, 0.15) is 12.7 Å². The molecule has 0 aromatic rings. The lowest BCUT2D eigenvalue weighted by molar-refractivity contribution is -0.147. The number of esters is 1. The molecule has 272 valence electrons. The number of phosphoric ester groups is 1. The Balaban J connectivity index is 3.60. The van der Waals surface area contributed by atoms with Crippen LogP contribution in [0.15, 0.2) is 12.2 Å². The number of nitrogens with one attached hydrogen (secondary N) is 1. The van der Waals surface area contributed by atoms with Gasteiger partial charge in [-0.25, -0.2) is 4.57 Å². The molecule has 0 aliphatic carbocycles. The SMILES string of the molecule is CCCCCCCC/C=C\CCCCCCCCCC(=O)NCCOP(=O)(O)OCC(O)COC(=O)CCCCCCCCCC. The molecule has 0 saturated carbocycles. The van der Waals surface area contributed by atoms with E-state index in [1.807, 2.05) is 0 Å². The molecule has 0 bridgehead atoms. The van der Waals surface area contributed by atoms with E-state index >= 15 is 0 Å². The Morgan fingerprint density at radius 1 is 0.652 bits per heavy atom. The topological polar surface area (TPSA) is 131 Å². The van der Waals surface area contributed by atoms with Crippen LogP contribution in [0.4, 0.5) is 0 Å². The quantitative estimate of drug-likeness (QED) is 0.0262. The van der Waals surface area contributed by atoms with Crippen LogP contribution >= 0.6 is 7.82 Å². The van der Waals surface area contributed by atoms with Gasteiger partial charge in [0.2, 0.25) is 5.91 Å². The van der Waals surface area contributed by atoms with Gasteiger partial charge in [-0.1, -0.05) is 135 Å². The predicted octanol–water partition coefficient (Wildman–Crippen LogP) is 9.49. The third kappa shape index (κ3) is 34.1. The molecule has 0 spiro atoms. The van der Waals surface area contributed by atoms with Crippen LogP contribution in [0.3, 0.4) is 0 Å². The molecular weight excluding hydrogens is 605 g/mol. The smallest absolute Gasteiger partial charge is 0.463 e. The molecule has 0 rings (SSSR count). The average Bonchev–Trinajstić information content (AvgIpc) is 3.04. The van der Waals surface area contributed by atoms with E-state index in [2.05, 4.69) is 31.3 Å². The second kappa shape index (κ2) is 33.6. The standard InChI is InChI=1S/C36H70NO8P/c1-3-5-7-9-11-13-14-15-16-17-18-19-20-21-22-24-26-28-35(39)37-30-31-44-46(41,42)45-33-34(38)32-43-36(40)29-27-25-23-12-10-8-6-4-2/h15-16,34,38H,3-14,17-33H2,1-2H3,(H,37,39)(H,41,42)/b16-15-. The van der Waals surface area contributed by atoms with Crippen molar-refractivity contribution in [3.63, 3.8) is 0 Å². The number of phosphoric acid groups is 1. The molecule has 0 aromatic heterocycles. The van der Waals surface area contributed by atoms with Crippen molar-refractivity contribution in [2.75, 3.05) is 26.4 Å². The largest absolute Gasteiger partial charge is 0.472 e. The normalized spacial score (nSPS) is 13.6. The van der Waals surface area contributed by atoms with Gasteiger partial charge in [-0.3, -0.25) is 18.6 Å². The molecule has 0 fully saturated rings. The maximum absolute atomic E-state index is 12.0. The number of carbonyl (C=O) groups excluding carboxylic acids is 2. The monoisotopic (exact) mass is 675 g/mol. The summed E-state index contributed by atoms with van der Waals surface area (Å²) in [6.07, 6.45) is 31.5. The first-order valence-electron chi connectivity index (χ1n) is 18.7. The molecule has 0 radical (unpaired) electrons. The second-order valence-electron chi connectivity index (χ2n) is 12.6. The number of aliphatic hydroxyl groups excluding tert-OH is 1. The minimum Gasteiger partial charge on any atom is -0.463 e. The van der Waals surface area contributed by atoms with Crippen molar-refractivity contribution >= 4 is 19.7 Å². The lowest BCUT2D eigenvalue weighted by Gasteiger charge is -2.15. The summed E-state index contributed by atoms with van der Waals surface area (Å²) in [6.45, 7) is 3.50. The van der Waals surface area contributed by atoms with E-state index in [1.165, 1.54) is 109 Å². The molecule has 9 nitrogen and oxygen atoms in total. The second-order valence-corrected chi connectivity index (χ2v) is 14.0. The minimum absolute atomic E-state index is 0.0824. The van der Waals surface area contributed by atoms with E-state index < -0.39 is 26.5 Å². The molecule has 2 unspecified atom stereocenters. The van der Waals surface area contributed by atoms with Crippen LogP contribution in [0.2, 0.25) is 0 Å². The molecular formula is C36H70NO8P. The Labute approximate surface area is 281 Å². The van der Waals surface area contributed by atoms with Gasteiger partial charge in [-0.05, 0) is 38.5 Å². The number of amides is 1. The minimum atomic E-state index is -4.40. The highest BCUT2D eigenvalue weighted by Crippen LogP contribution is 2.42. The van der Waals surface area contributed by atoms with Gasteiger partial charge in [-0.2, -0.15) is 0 Å². The fraction of sp³-hybridized carbons (Fsp3) is 0.889. The first-order chi connectivity index (χ1) is 22.3. The Morgan fingerprint density at radius 3 is 1.63 bits per heavy atom. The highest BCUT2D eigenvalue weighted by Gasteiger charge is 2.23. The number of allylic oxidation sites excluding steroid dienone is 2. The molecule has 3 N–H and O–H groups in total. The maximum atomic E-state index is 12.0. The fourth-order valence-electron chi connectivity index (χ4n) is 5.08. The van der Waals surface area contributed by atoms with Gasteiger partial charge < -0.3 is 20.1 Å². The summed E-state index contributed by atoms with van der Waals surface area (Å²) in [4.78, 5) is 33.6. The molecule has 0 aromatic carbocycles. The number of ether oxygens (including phenoxy) is 1. The van der Waals surface area contributed by atoms with E-state index in [-0.39, 0.29) is 32.1 Å². The molecule has 2 atom stereocenters. The van der Waals surface area contributed by atoms with Gasteiger partial charge in [0, 0.05) is 19.4 Å². The summed E-state index contributed by atoms with van der Waals surface area (Å²) in [6, 6.07) is 0. The summed E-state index contributed by atoms with van der Waals surface area (Å²) in [5.74, 6) is -0.522. The molecule has 0 aliphatic rings. The summed E-state index contributed by atoms with van der Waals surface area (Å²) in [5.41, 5.74) is 0. The van der Waals surface area contributed by atoms with Gasteiger partial charge in [0.25, 0.3) is 0 Å². The van der Waals surface area contributed by atoms with Crippen molar-refractivity contribution in [1.29, 1.82) is 0 Å². The van der Waals surface area contributed by atoms with E-state index in [9.17, 15) is 24.2 Å². The summed E-state index contributed by atoms with van der Waals surface area (Å²) in [7, 11) is -4.40. The molecule has 0 saturated heterocycles. The van der Waals surface area contributed by atoms with E-state index in [4.69, 9.17) is 13.8 Å². The Bertz CT molecular complexity index is 779. The lowest BCUT2D eigenvalue weighted by atomic mass is 10.1. The Kier molecular flexibility index (Phi) is 32.7. The third-order valence-electron chi connectivity index (χ3n) is 7.95. The molecule has 0 aliphatic heterocycles. The van der Waals surface area contributed by atoms with Crippen LogP contribution in [0.1, 0.15) is 174 Å². The highest BCUT2D eigenvalue weighted by molar-refractivity contribution is 7.47. The van der Waals surface area contributed by atoms with Gasteiger partial charge in [-0.15, -0.1) is 0 Å². The number of hydrogen-bond donors (Lipinski definition) is 3. The van der Waals surface area contributed by atoms with Crippen LogP contribution in [0, 0.1) is 0 Å². The van der Waals surface area contributed by atoms with Crippen molar-refractivity contribution in [3.05, 3.63) is 12.2 Å². The Morgan fingerprint density at radius 2 is 1.11 bits per heavy atom. The predicted molar refractivity (Wildman–Crippen MR) is 188 cm³/mol. The zero-order valence-corrected chi connectivity index (χ0v) is 30.4. The van der Waals surface area contributed by atoms with E-state index in [0.29, 0.717) is 6.42 Å². The van der Waals surface area contributed by atoms with Crippen LogP contribution in [-0.2, 0) is 27.9 Å². The summed E-state index contributed by atoms with van der Waals surface area (Å²) in [5, 5.41) is 12.6. The van der Waals surface area contributed by atoms with Crippen molar-refractivity contribution < 1.29 is 37.9 Å². The van der Waals surface area contributed by atoms with Crippen LogP contribution in [-0.4, -0.2) is 54.3 Å². The number of rotatable bonds is 35. The first-order valence-corrected chi connectivity index (χ1v) is 20.2. The molecule has 46 heavy (non-hydrogen) atoms. The number of aliphatic hydroxyl groups is 1. The summed E-state index contributed by atoms with van der Waals surface area (Å²) >= 11 is 0. The van der Waals surface area contributed by atoms with Crippen molar-refractivity contribution in [2.24, 2.45) is 0 Å². The van der Waals surface area contributed by atoms with E-state index in [1.54, 1.807) is 0 Å². The van der Waals surface area contributed by atoms with E-state index in [0.717, 1.165) is 38.5 Å². The molecule has 0 heterocycles. The van der Waals surface area contributed by atoms with Crippen molar-refractivity contribution in [1.82, 2.24) is 5.32 Å². The molecule has 1 amide bonds. The Hall–Kier alpha value is -1.25. The molecule has 10 heteroatoms. The van der Waals surface area contributed by atoms with Crippen LogP contribution in [0.25, 0.3) is 0 Å². The number of hydrogen-bond acceptors (Lipinski definition) is 7. The maximum Gasteiger partial charge on any atom is 0.472 e. The number of carbonyl (C=O) groups is 2. The average molecular weight is 676 g/mol. The lowest BCUT2D eigenvalue weighted by Crippen LogP contribution is -2.27. The summed E-state index contributed by atoms with van der Waals surface area (Å²) < 4.78 is 26.7. The van der Waals surface area contributed by atoms with Crippen LogP contribution in [0.5, 0.6) is 0 Å². The third-order valence-corrected chi connectivity index (χ3v) is 8.93. The first kappa shape index (κ1) is 44.8. The highest BCUT2D eigenvalue weighted by atomic mass is 31.2. The fourth-order valence-corrected chi connectivity index (χ4v) is 5.84. The van der Waals surface area contributed by atoms with Crippen molar-refractivity contribution in [3.8, 4) is 0 Å². The zero-order valence-electron chi connectivity index (χ0n) is 29.5.